The van der Waals surface area contributed by atoms with Crippen molar-refractivity contribution in [3.63, 3.8) is 0 Å². The van der Waals surface area contributed by atoms with Crippen LogP contribution in [0.15, 0.2) is 6.07 Å². The van der Waals surface area contributed by atoms with Crippen LogP contribution in [0.1, 0.15) is 45.6 Å². The second-order valence-electron chi connectivity index (χ2n) is 7.99. The van der Waals surface area contributed by atoms with Crippen molar-refractivity contribution < 1.29 is 18.3 Å². The second-order valence-corrected chi connectivity index (χ2v) is 8.38. The maximum absolute atomic E-state index is 13.2. The molecule has 0 bridgehead atoms. The number of amides is 1. The Bertz CT molecular complexity index is 669. The van der Waals surface area contributed by atoms with Crippen molar-refractivity contribution in [1.29, 1.82) is 0 Å². The molecule has 1 aromatic rings. The van der Waals surface area contributed by atoms with E-state index in [1.54, 1.807) is 4.90 Å². The van der Waals surface area contributed by atoms with E-state index >= 15 is 0 Å². The Balaban J connectivity index is 1.58. The van der Waals surface area contributed by atoms with Gasteiger partial charge in [0.2, 0.25) is 0 Å². The summed E-state index contributed by atoms with van der Waals surface area (Å²) in [4.78, 5) is 13.9. The van der Waals surface area contributed by atoms with Gasteiger partial charge in [-0.05, 0) is 51.5 Å². The number of rotatable bonds is 3. The van der Waals surface area contributed by atoms with E-state index in [1.165, 1.54) is 0 Å². The summed E-state index contributed by atoms with van der Waals surface area (Å²) in [6.45, 7) is 6.79. The average molecular weight is 389 g/mol. The zero-order chi connectivity index (χ0) is 19.1. The fourth-order valence-electron chi connectivity index (χ4n) is 3.75. The number of fused-ring (bicyclic) bond motifs is 1. The number of halogens is 3. The van der Waals surface area contributed by atoms with E-state index in [1.807, 2.05) is 20.8 Å². The molecule has 2 heterocycles. The third kappa shape index (κ3) is 4.34. The highest BCUT2D eigenvalue weighted by Gasteiger charge is 2.43. The SMILES string of the molecule is CC(C)(C)OC(=O)N1CC2CC(Nc3nnc(Cl)cc3C(F)F)C[C@@H]2C1. The number of hydrogen-bond acceptors (Lipinski definition) is 5. The van der Waals surface area contributed by atoms with Gasteiger partial charge in [-0.1, -0.05) is 11.6 Å². The zero-order valence-corrected chi connectivity index (χ0v) is 15.8. The molecule has 2 unspecified atom stereocenters. The fraction of sp³-hybridized carbons (Fsp3) is 0.706. The van der Waals surface area contributed by atoms with Crippen LogP contribution in [-0.4, -0.2) is 45.9 Å². The smallest absolute Gasteiger partial charge is 0.410 e. The van der Waals surface area contributed by atoms with E-state index in [-0.39, 0.29) is 28.7 Å². The van der Waals surface area contributed by atoms with Crippen molar-refractivity contribution in [3.8, 4) is 0 Å². The average Bonchev–Trinajstić information content (AvgIpc) is 3.05. The zero-order valence-electron chi connectivity index (χ0n) is 15.0. The highest BCUT2D eigenvalue weighted by Crippen LogP contribution is 2.40. The molecule has 1 amide bonds. The lowest BCUT2D eigenvalue weighted by molar-refractivity contribution is 0.0280. The van der Waals surface area contributed by atoms with Crippen LogP contribution >= 0.6 is 11.6 Å². The molecule has 1 aromatic heterocycles. The number of alkyl halides is 2. The van der Waals surface area contributed by atoms with Gasteiger partial charge in [0.05, 0.1) is 5.56 Å². The van der Waals surface area contributed by atoms with Crippen LogP contribution in [0.25, 0.3) is 0 Å². The molecule has 3 rings (SSSR count). The van der Waals surface area contributed by atoms with E-state index in [0.29, 0.717) is 24.9 Å². The number of anilines is 1. The van der Waals surface area contributed by atoms with Crippen LogP contribution < -0.4 is 5.32 Å². The number of aromatic nitrogens is 2. The number of likely N-dealkylation sites (tertiary alicyclic amines) is 1. The molecule has 0 spiro atoms. The van der Waals surface area contributed by atoms with Crippen molar-refractivity contribution in [3.05, 3.63) is 16.8 Å². The second kappa shape index (κ2) is 7.13. The Morgan fingerprint density at radius 2 is 1.92 bits per heavy atom. The van der Waals surface area contributed by atoms with Gasteiger partial charge in [0.15, 0.2) is 11.0 Å². The summed E-state index contributed by atoms with van der Waals surface area (Å²) in [5, 5.41) is 10.5. The molecule has 1 N–H and O–H groups in total. The number of nitrogens with zero attached hydrogens (tertiary/aromatic N) is 3. The van der Waals surface area contributed by atoms with E-state index in [0.717, 1.165) is 18.9 Å². The molecule has 1 aliphatic carbocycles. The molecular weight excluding hydrogens is 366 g/mol. The molecule has 2 fully saturated rings. The molecule has 1 saturated carbocycles. The van der Waals surface area contributed by atoms with Gasteiger partial charge in [0, 0.05) is 19.1 Å². The third-order valence-electron chi connectivity index (χ3n) is 4.77. The van der Waals surface area contributed by atoms with Gasteiger partial charge in [0.1, 0.15) is 5.60 Å². The quantitative estimate of drug-likeness (QED) is 0.843. The molecule has 2 aliphatic rings. The molecule has 3 atom stereocenters. The summed E-state index contributed by atoms with van der Waals surface area (Å²) >= 11 is 5.66. The van der Waals surface area contributed by atoms with Crippen molar-refractivity contribution in [2.75, 3.05) is 18.4 Å². The van der Waals surface area contributed by atoms with Gasteiger partial charge in [-0.3, -0.25) is 0 Å². The van der Waals surface area contributed by atoms with E-state index in [9.17, 15) is 13.6 Å². The summed E-state index contributed by atoms with van der Waals surface area (Å²) in [6.07, 6.45) is -1.39. The van der Waals surface area contributed by atoms with E-state index in [2.05, 4.69) is 15.5 Å². The molecule has 6 nitrogen and oxygen atoms in total. The number of carbonyl (C=O) groups is 1. The minimum absolute atomic E-state index is 0.0266. The van der Waals surface area contributed by atoms with Crippen LogP contribution in [0.5, 0.6) is 0 Å². The van der Waals surface area contributed by atoms with Gasteiger partial charge in [0.25, 0.3) is 6.43 Å². The molecular formula is C17H23ClF2N4O2. The fourth-order valence-corrected chi connectivity index (χ4v) is 3.90. The first-order valence-corrected chi connectivity index (χ1v) is 9.06. The third-order valence-corrected chi connectivity index (χ3v) is 4.96. The van der Waals surface area contributed by atoms with Crippen molar-refractivity contribution in [2.45, 2.75) is 51.7 Å². The lowest BCUT2D eigenvalue weighted by Gasteiger charge is -2.25. The van der Waals surface area contributed by atoms with Crippen LogP contribution in [-0.2, 0) is 4.74 Å². The Kier molecular flexibility index (Phi) is 5.23. The minimum atomic E-state index is -2.67. The molecule has 1 aliphatic heterocycles. The Morgan fingerprint density at radius 1 is 1.31 bits per heavy atom. The highest BCUT2D eigenvalue weighted by molar-refractivity contribution is 6.29. The molecule has 144 valence electrons. The molecule has 26 heavy (non-hydrogen) atoms. The van der Waals surface area contributed by atoms with Crippen LogP contribution in [0.3, 0.4) is 0 Å². The first-order chi connectivity index (χ1) is 12.1. The normalized spacial score (nSPS) is 25.5. The van der Waals surface area contributed by atoms with Gasteiger partial charge in [-0.15, -0.1) is 10.2 Å². The highest BCUT2D eigenvalue weighted by atomic mass is 35.5. The minimum Gasteiger partial charge on any atom is -0.444 e. The summed E-state index contributed by atoms with van der Waals surface area (Å²) in [7, 11) is 0. The van der Waals surface area contributed by atoms with E-state index in [4.69, 9.17) is 16.3 Å². The molecule has 0 aromatic carbocycles. The van der Waals surface area contributed by atoms with Crippen LogP contribution in [0.2, 0.25) is 5.15 Å². The van der Waals surface area contributed by atoms with Gasteiger partial charge < -0.3 is 15.0 Å². The van der Waals surface area contributed by atoms with Gasteiger partial charge >= 0.3 is 6.09 Å². The lowest BCUT2D eigenvalue weighted by atomic mass is 10.0. The standard InChI is InChI=1S/C17H23ClF2N4O2/c1-17(2,3)26-16(25)24-7-9-4-11(5-10(9)8-24)21-15-12(14(19)20)6-13(18)22-23-15/h6,9-11,14H,4-5,7-8H2,1-3H3,(H,21,23)/t9-,10?,11?/m1/s1. The summed E-state index contributed by atoms with van der Waals surface area (Å²) in [5.74, 6) is 0.740. The maximum Gasteiger partial charge on any atom is 0.410 e. The summed E-state index contributed by atoms with van der Waals surface area (Å²) in [5.41, 5.74) is -0.755. The van der Waals surface area contributed by atoms with Crippen molar-refractivity contribution in [1.82, 2.24) is 15.1 Å². The predicted octanol–water partition coefficient (Wildman–Crippen LogP) is 4.13. The van der Waals surface area contributed by atoms with Crippen LogP contribution in [0.4, 0.5) is 19.4 Å². The summed E-state index contributed by atoms with van der Waals surface area (Å²) in [6, 6.07) is 1.17. The number of hydrogen-bond donors (Lipinski definition) is 1. The Labute approximate surface area is 156 Å². The lowest BCUT2D eigenvalue weighted by Crippen LogP contribution is -2.36. The topological polar surface area (TPSA) is 67.3 Å². The van der Waals surface area contributed by atoms with Gasteiger partial charge in [-0.25, -0.2) is 13.6 Å². The first-order valence-electron chi connectivity index (χ1n) is 8.68. The van der Waals surface area contributed by atoms with E-state index < -0.39 is 12.0 Å². The number of carbonyl (C=O) groups excluding carboxylic acids is 1. The first kappa shape index (κ1) is 19.1. The molecule has 1 saturated heterocycles. The maximum atomic E-state index is 13.2. The Morgan fingerprint density at radius 3 is 2.46 bits per heavy atom. The van der Waals surface area contributed by atoms with Crippen molar-refractivity contribution in [2.24, 2.45) is 11.8 Å². The Hall–Kier alpha value is -1.70. The predicted molar refractivity (Wildman–Crippen MR) is 93.4 cm³/mol. The number of ether oxygens (including phenoxy) is 1. The van der Waals surface area contributed by atoms with Crippen molar-refractivity contribution >= 4 is 23.5 Å². The largest absolute Gasteiger partial charge is 0.444 e. The summed E-state index contributed by atoms with van der Waals surface area (Å²) < 4.78 is 31.7. The van der Waals surface area contributed by atoms with Gasteiger partial charge in [-0.2, -0.15) is 0 Å². The molecule has 9 heteroatoms. The number of nitrogens with one attached hydrogen (secondary N) is 1. The van der Waals surface area contributed by atoms with Crippen LogP contribution in [0, 0.1) is 11.8 Å². The molecule has 0 radical (unpaired) electrons. The monoisotopic (exact) mass is 388 g/mol.